The summed E-state index contributed by atoms with van der Waals surface area (Å²) in [5.74, 6) is 0.258. The zero-order chi connectivity index (χ0) is 20.9. The fourth-order valence-electron chi connectivity index (χ4n) is 2.83. The van der Waals surface area contributed by atoms with Crippen molar-refractivity contribution in [1.29, 1.82) is 0 Å². The SMILES string of the molecule is CC(C)(C)c1ccccc1OCC(=O)Nc1cccc(NC(=O)c2cccs2)c1. The van der Waals surface area contributed by atoms with Gasteiger partial charge < -0.3 is 15.4 Å². The fourth-order valence-corrected chi connectivity index (χ4v) is 3.45. The van der Waals surface area contributed by atoms with Gasteiger partial charge in [0.2, 0.25) is 0 Å². The van der Waals surface area contributed by atoms with Gasteiger partial charge in [-0.1, -0.05) is 51.1 Å². The van der Waals surface area contributed by atoms with Gasteiger partial charge in [0, 0.05) is 11.4 Å². The van der Waals surface area contributed by atoms with Crippen molar-refractivity contribution >= 4 is 34.5 Å². The lowest BCUT2D eigenvalue weighted by molar-refractivity contribution is -0.118. The van der Waals surface area contributed by atoms with E-state index in [1.54, 1.807) is 30.3 Å². The molecule has 0 atom stereocenters. The highest BCUT2D eigenvalue weighted by Gasteiger charge is 2.19. The maximum atomic E-state index is 12.3. The Morgan fingerprint density at radius 3 is 2.34 bits per heavy atom. The van der Waals surface area contributed by atoms with Gasteiger partial charge in [-0.25, -0.2) is 0 Å². The van der Waals surface area contributed by atoms with Crippen molar-refractivity contribution in [3.8, 4) is 5.75 Å². The van der Waals surface area contributed by atoms with Crippen molar-refractivity contribution in [3.63, 3.8) is 0 Å². The molecular formula is C23H24N2O3S. The van der Waals surface area contributed by atoms with E-state index in [-0.39, 0.29) is 23.8 Å². The van der Waals surface area contributed by atoms with E-state index in [2.05, 4.69) is 31.4 Å². The van der Waals surface area contributed by atoms with Gasteiger partial charge in [-0.15, -0.1) is 11.3 Å². The number of hydrogen-bond acceptors (Lipinski definition) is 4. The molecule has 1 heterocycles. The molecule has 0 saturated heterocycles. The van der Waals surface area contributed by atoms with Gasteiger partial charge in [-0.05, 0) is 46.7 Å². The zero-order valence-corrected chi connectivity index (χ0v) is 17.5. The van der Waals surface area contributed by atoms with Crippen molar-refractivity contribution in [2.24, 2.45) is 0 Å². The Labute approximate surface area is 174 Å². The highest BCUT2D eigenvalue weighted by molar-refractivity contribution is 7.12. The fraction of sp³-hybridized carbons (Fsp3) is 0.217. The molecule has 3 aromatic rings. The third kappa shape index (κ3) is 5.68. The lowest BCUT2D eigenvalue weighted by Crippen LogP contribution is -2.22. The Balaban J connectivity index is 1.60. The summed E-state index contributed by atoms with van der Waals surface area (Å²) < 4.78 is 5.76. The molecule has 0 aliphatic rings. The van der Waals surface area contributed by atoms with Crippen LogP contribution in [0.15, 0.2) is 66.0 Å². The van der Waals surface area contributed by atoms with Crippen LogP contribution in [0.5, 0.6) is 5.75 Å². The van der Waals surface area contributed by atoms with Crippen LogP contribution in [0.3, 0.4) is 0 Å². The van der Waals surface area contributed by atoms with E-state index in [4.69, 9.17) is 4.74 Å². The molecule has 0 saturated carbocycles. The molecule has 0 unspecified atom stereocenters. The van der Waals surface area contributed by atoms with E-state index >= 15 is 0 Å². The van der Waals surface area contributed by atoms with Crippen LogP contribution in [0.4, 0.5) is 11.4 Å². The highest BCUT2D eigenvalue weighted by Crippen LogP contribution is 2.30. The number of anilines is 2. The van der Waals surface area contributed by atoms with Gasteiger partial charge >= 0.3 is 0 Å². The zero-order valence-electron chi connectivity index (χ0n) is 16.7. The maximum Gasteiger partial charge on any atom is 0.265 e. The number of rotatable bonds is 6. The molecule has 2 N–H and O–H groups in total. The molecule has 29 heavy (non-hydrogen) atoms. The number of carbonyl (C=O) groups is 2. The van der Waals surface area contributed by atoms with E-state index in [1.807, 2.05) is 35.7 Å². The Hall–Kier alpha value is -3.12. The second-order valence-electron chi connectivity index (χ2n) is 7.60. The molecule has 150 valence electrons. The monoisotopic (exact) mass is 408 g/mol. The summed E-state index contributed by atoms with van der Waals surface area (Å²) >= 11 is 1.37. The Kier molecular flexibility index (Phi) is 6.34. The summed E-state index contributed by atoms with van der Waals surface area (Å²) in [6.45, 7) is 6.21. The van der Waals surface area contributed by atoms with Gasteiger partial charge in [0.15, 0.2) is 6.61 Å². The molecule has 0 aliphatic carbocycles. The maximum absolute atomic E-state index is 12.3. The number of benzene rings is 2. The van der Waals surface area contributed by atoms with E-state index in [1.165, 1.54) is 11.3 Å². The van der Waals surface area contributed by atoms with Gasteiger partial charge in [-0.2, -0.15) is 0 Å². The number of carbonyl (C=O) groups excluding carboxylic acids is 2. The molecule has 0 fully saturated rings. The van der Waals surface area contributed by atoms with Gasteiger partial charge in [0.05, 0.1) is 4.88 Å². The third-order valence-electron chi connectivity index (χ3n) is 4.20. The minimum Gasteiger partial charge on any atom is -0.483 e. The Bertz CT molecular complexity index is 991. The molecule has 0 radical (unpaired) electrons. The van der Waals surface area contributed by atoms with Crippen molar-refractivity contribution in [2.75, 3.05) is 17.2 Å². The molecule has 0 spiro atoms. The molecule has 3 rings (SSSR count). The van der Waals surface area contributed by atoms with E-state index in [0.29, 0.717) is 22.0 Å². The predicted octanol–water partition coefficient (Wildman–Crippen LogP) is 5.32. The summed E-state index contributed by atoms with van der Waals surface area (Å²) in [6, 6.07) is 18.3. The molecule has 0 aliphatic heterocycles. The molecule has 6 heteroatoms. The van der Waals surface area contributed by atoms with Gasteiger partial charge in [0.1, 0.15) is 5.75 Å². The van der Waals surface area contributed by atoms with Crippen molar-refractivity contribution in [1.82, 2.24) is 0 Å². The smallest absolute Gasteiger partial charge is 0.265 e. The van der Waals surface area contributed by atoms with Crippen LogP contribution >= 0.6 is 11.3 Å². The normalized spacial score (nSPS) is 11.0. The first-order valence-electron chi connectivity index (χ1n) is 9.30. The minimum atomic E-state index is -0.268. The van der Waals surface area contributed by atoms with E-state index < -0.39 is 0 Å². The second-order valence-corrected chi connectivity index (χ2v) is 8.54. The standard InChI is InChI=1S/C23H24N2O3S/c1-23(2,3)18-10-4-5-11-19(18)28-15-21(26)24-16-8-6-9-17(14-16)25-22(27)20-12-7-13-29-20/h4-14H,15H2,1-3H3,(H,24,26)(H,25,27). The summed E-state index contributed by atoms with van der Waals surface area (Å²) in [5.41, 5.74) is 2.17. The van der Waals surface area contributed by atoms with Crippen LogP contribution in [0.25, 0.3) is 0 Å². The first kappa shape index (κ1) is 20.6. The van der Waals surface area contributed by atoms with Gasteiger partial charge in [0.25, 0.3) is 11.8 Å². The van der Waals surface area contributed by atoms with Crippen LogP contribution in [-0.2, 0) is 10.2 Å². The van der Waals surface area contributed by atoms with Crippen LogP contribution < -0.4 is 15.4 Å². The van der Waals surface area contributed by atoms with Gasteiger partial charge in [-0.3, -0.25) is 9.59 Å². The Morgan fingerprint density at radius 1 is 0.931 bits per heavy atom. The first-order chi connectivity index (χ1) is 13.8. The molecule has 2 aromatic carbocycles. The van der Waals surface area contributed by atoms with Crippen molar-refractivity contribution in [3.05, 3.63) is 76.5 Å². The second kappa shape index (κ2) is 8.92. The number of para-hydroxylation sites is 1. The summed E-state index contributed by atoms with van der Waals surface area (Å²) in [6.07, 6.45) is 0. The Morgan fingerprint density at radius 2 is 1.66 bits per heavy atom. The number of ether oxygens (including phenoxy) is 1. The number of thiophene rings is 1. The van der Waals surface area contributed by atoms with Crippen LogP contribution in [-0.4, -0.2) is 18.4 Å². The number of amides is 2. The quantitative estimate of drug-likeness (QED) is 0.580. The first-order valence-corrected chi connectivity index (χ1v) is 10.2. The number of nitrogens with one attached hydrogen (secondary N) is 2. The molecule has 2 amide bonds. The van der Waals surface area contributed by atoms with Crippen LogP contribution in [0.2, 0.25) is 0 Å². The van der Waals surface area contributed by atoms with Crippen LogP contribution in [0.1, 0.15) is 36.0 Å². The summed E-state index contributed by atoms with van der Waals surface area (Å²) in [7, 11) is 0. The molecule has 0 bridgehead atoms. The van der Waals surface area contributed by atoms with Crippen molar-refractivity contribution < 1.29 is 14.3 Å². The molecule has 1 aromatic heterocycles. The third-order valence-corrected chi connectivity index (χ3v) is 5.07. The molecular weight excluding hydrogens is 384 g/mol. The number of hydrogen-bond donors (Lipinski definition) is 2. The van der Waals surface area contributed by atoms with E-state index in [9.17, 15) is 9.59 Å². The highest BCUT2D eigenvalue weighted by atomic mass is 32.1. The largest absolute Gasteiger partial charge is 0.483 e. The van der Waals surface area contributed by atoms with E-state index in [0.717, 1.165) is 5.56 Å². The lowest BCUT2D eigenvalue weighted by atomic mass is 9.86. The lowest BCUT2D eigenvalue weighted by Gasteiger charge is -2.22. The van der Waals surface area contributed by atoms with Crippen molar-refractivity contribution in [2.45, 2.75) is 26.2 Å². The topological polar surface area (TPSA) is 67.4 Å². The molecule has 5 nitrogen and oxygen atoms in total. The summed E-state index contributed by atoms with van der Waals surface area (Å²) in [5, 5.41) is 7.49. The minimum absolute atomic E-state index is 0.0812. The summed E-state index contributed by atoms with van der Waals surface area (Å²) in [4.78, 5) is 25.1. The average Bonchev–Trinajstić information content (AvgIpc) is 3.21. The predicted molar refractivity (Wildman–Crippen MR) is 118 cm³/mol. The van der Waals surface area contributed by atoms with Crippen LogP contribution in [0, 0.1) is 0 Å². The average molecular weight is 409 g/mol.